The van der Waals surface area contributed by atoms with Crippen LogP contribution in [0, 0.1) is 5.82 Å². The van der Waals surface area contributed by atoms with E-state index in [4.69, 9.17) is 0 Å². The summed E-state index contributed by atoms with van der Waals surface area (Å²) in [5.41, 5.74) is 0.954. The van der Waals surface area contributed by atoms with E-state index in [-0.39, 0.29) is 5.56 Å². The maximum absolute atomic E-state index is 14.0. The van der Waals surface area contributed by atoms with Gasteiger partial charge in [-0.1, -0.05) is 48.5 Å². The summed E-state index contributed by atoms with van der Waals surface area (Å²) in [5.74, 6) is -0.423. The van der Waals surface area contributed by atoms with Crippen LogP contribution in [0.1, 0.15) is 17.2 Å². The molecule has 3 heteroatoms. The normalized spacial score (nSPS) is 12.6. The highest BCUT2D eigenvalue weighted by molar-refractivity contribution is 9.10. The lowest BCUT2D eigenvalue weighted by atomic mass is 9.98. The summed E-state index contributed by atoms with van der Waals surface area (Å²) < 4.78 is 14.4. The SMILES string of the molecule is OC(c1ccc2ccccc2c1)c1cccc(Br)c1F. The maximum atomic E-state index is 14.0. The van der Waals surface area contributed by atoms with Gasteiger partial charge in [-0.2, -0.15) is 0 Å². The van der Waals surface area contributed by atoms with Crippen molar-refractivity contribution in [3.05, 3.63) is 82.1 Å². The first-order chi connectivity index (χ1) is 9.66. The molecule has 100 valence electrons. The predicted octanol–water partition coefficient (Wildman–Crippen LogP) is 4.82. The van der Waals surface area contributed by atoms with E-state index in [1.165, 1.54) is 0 Å². The lowest BCUT2D eigenvalue weighted by Gasteiger charge is -2.14. The highest BCUT2D eigenvalue weighted by Gasteiger charge is 2.16. The number of halogens is 2. The van der Waals surface area contributed by atoms with Crippen LogP contribution in [0.25, 0.3) is 10.8 Å². The number of fused-ring (bicyclic) bond motifs is 1. The molecule has 0 bridgehead atoms. The highest BCUT2D eigenvalue weighted by atomic mass is 79.9. The first-order valence-electron chi connectivity index (χ1n) is 6.27. The van der Waals surface area contributed by atoms with Crippen LogP contribution in [0.15, 0.2) is 65.1 Å². The van der Waals surface area contributed by atoms with Gasteiger partial charge in [0.1, 0.15) is 11.9 Å². The van der Waals surface area contributed by atoms with Gasteiger partial charge in [0.2, 0.25) is 0 Å². The number of rotatable bonds is 2. The third-order valence-corrected chi connectivity index (χ3v) is 3.98. The van der Waals surface area contributed by atoms with E-state index in [9.17, 15) is 9.50 Å². The Morgan fingerprint density at radius 1 is 0.900 bits per heavy atom. The second-order valence-corrected chi connectivity index (χ2v) is 5.51. The minimum Gasteiger partial charge on any atom is -0.384 e. The van der Waals surface area contributed by atoms with Crippen LogP contribution in [0.2, 0.25) is 0 Å². The van der Waals surface area contributed by atoms with Gasteiger partial charge in [-0.25, -0.2) is 4.39 Å². The third kappa shape index (κ3) is 2.35. The van der Waals surface area contributed by atoms with Gasteiger partial charge in [0, 0.05) is 5.56 Å². The zero-order valence-corrected chi connectivity index (χ0v) is 12.1. The molecule has 3 aromatic rings. The van der Waals surface area contributed by atoms with Crippen molar-refractivity contribution in [3.63, 3.8) is 0 Å². The number of hydrogen-bond acceptors (Lipinski definition) is 1. The molecule has 1 N–H and O–H groups in total. The molecule has 3 aromatic carbocycles. The van der Waals surface area contributed by atoms with E-state index in [0.29, 0.717) is 10.0 Å². The first kappa shape index (κ1) is 13.3. The van der Waals surface area contributed by atoms with E-state index in [1.807, 2.05) is 42.5 Å². The summed E-state index contributed by atoms with van der Waals surface area (Å²) in [4.78, 5) is 0. The first-order valence-corrected chi connectivity index (χ1v) is 7.07. The van der Waals surface area contributed by atoms with E-state index in [2.05, 4.69) is 15.9 Å². The molecule has 0 spiro atoms. The third-order valence-electron chi connectivity index (χ3n) is 3.37. The standard InChI is InChI=1S/C17H12BrFO/c18-15-7-3-6-14(16(15)19)17(20)13-9-8-11-4-1-2-5-12(11)10-13/h1-10,17,20H. The summed E-state index contributed by atoms with van der Waals surface area (Å²) in [6.45, 7) is 0. The summed E-state index contributed by atoms with van der Waals surface area (Å²) in [7, 11) is 0. The largest absolute Gasteiger partial charge is 0.384 e. The van der Waals surface area contributed by atoms with Crippen molar-refractivity contribution >= 4 is 26.7 Å². The number of aliphatic hydroxyl groups is 1. The Bertz CT molecular complexity index is 770. The summed E-state index contributed by atoms with van der Waals surface area (Å²) in [6, 6.07) is 18.5. The van der Waals surface area contributed by atoms with Crippen LogP contribution in [-0.2, 0) is 0 Å². The van der Waals surface area contributed by atoms with Crippen molar-refractivity contribution in [2.45, 2.75) is 6.10 Å². The molecular formula is C17H12BrFO. The average Bonchev–Trinajstić information content (AvgIpc) is 2.49. The average molecular weight is 331 g/mol. The molecule has 0 heterocycles. The number of aliphatic hydroxyl groups excluding tert-OH is 1. The van der Waals surface area contributed by atoms with Crippen molar-refractivity contribution in [1.82, 2.24) is 0 Å². The fraction of sp³-hybridized carbons (Fsp3) is 0.0588. The quantitative estimate of drug-likeness (QED) is 0.714. The molecule has 0 saturated carbocycles. The number of benzene rings is 3. The molecule has 1 nitrogen and oxygen atoms in total. The van der Waals surface area contributed by atoms with Gasteiger partial charge in [0.15, 0.2) is 0 Å². The Labute approximate surface area is 124 Å². The fourth-order valence-electron chi connectivity index (χ4n) is 2.29. The van der Waals surface area contributed by atoms with E-state index in [0.717, 1.165) is 10.8 Å². The molecule has 0 aliphatic heterocycles. The smallest absolute Gasteiger partial charge is 0.143 e. The molecule has 1 atom stereocenters. The second kappa shape index (κ2) is 5.35. The Kier molecular flexibility index (Phi) is 3.55. The van der Waals surface area contributed by atoms with Gasteiger partial charge in [-0.05, 0) is 44.4 Å². The van der Waals surface area contributed by atoms with Crippen molar-refractivity contribution in [1.29, 1.82) is 0 Å². The molecular weight excluding hydrogens is 319 g/mol. The van der Waals surface area contributed by atoms with Crippen molar-refractivity contribution in [3.8, 4) is 0 Å². The minimum atomic E-state index is -0.975. The van der Waals surface area contributed by atoms with Crippen LogP contribution >= 0.6 is 15.9 Å². The predicted molar refractivity (Wildman–Crippen MR) is 82.1 cm³/mol. The molecule has 0 amide bonds. The van der Waals surface area contributed by atoms with Crippen LogP contribution < -0.4 is 0 Å². The fourth-order valence-corrected chi connectivity index (χ4v) is 2.67. The monoisotopic (exact) mass is 330 g/mol. The van der Waals surface area contributed by atoms with Gasteiger partial charge in [-0.15, -0.1) is 0 Å². The summed E-state index contributed by atoms with van der Waals surface area (Å²) in [6.07, 6.45) is -0.975. The lowest BCUT2D eigenvalue weighted by Crippen LogP contribution is -2.03. The minimum absolute atomic E-state index is 0.273. The molecule has 0 saturated heterocycles. The van der Waals surface area contributed by atoms with Gasteiger partial charge in [-0.3, -0.25) is 0 Å². The molecule has 0 fully saturated rings. The maximum Gasteiger partial charge on any atom is 0.143 e. The Hall–Kier alpha value is -1.71. The topological polar surface area (TPSA) is 20.2 Å². The van der Waals surface area contributed by atoms with Gasteiger partial charge in [0.25, 0.3) is 0 Å². The van der Waals surface area contributed by atoms with Crippen LogP contribution in [-0.4, -0.2) is 5.11 Å². The van der Waals surface area contributed by atoms with Gasteiger partial charge in [0.05, 0.1) is 4.47 Å². The second-order valence-electron chi connectivity index (χ2n) is 4.65. The van der Waals surface area contributed by atoms with Crippen LogP contribution in [0.4, 0.5) is 4.39 Å². The van der Waals surface area contributed by atoms with Crippen molar-refractivity contribution in [2.24, 2.45) is 0 Å². The molecule has 0 aliphatic rings. The van der Waals surface area contributed by atoms with E-state index >= 15 is 0 Å². The Balaban J connectivity index is 2.08. The van der Waals surface area contributed by atoms with Gasteiger partial charge >= 0.3 is 0 Å². The molecule has 3 rings (SSSR count). The molecule has 0 aliphatic carbocycles. The van der Waals surface area contributed by atoms with Gasteiger partial charge < -0.3 is 5.11 Å². The highest BCUT2D eigenvalue weighted by Crippen LogP contribution is 2.29. The summed E-state index contributed by atoms with van der Waals surface area (Å²) in [5, 5.41) is 12.5. The van der Waals surface area contributed by atoms with Crippen LogP contribution in [0.5, 0.6) is 0 Å². The Morgan fingerprint density at radius 2 is 1.65 bits per heavy atom. The lowest BCUT2D eigenvalue weighted by molar-refractivity contribution is 0.215. The van der Waals surface area contributed by atoms with Crippen molar-refractivity contribution < 1.29 is 9.50 Å². The van der Waals surface area contributed by atoms with E-state index < -0.39 is 11.9 Å². The summed E-state index contributed by atoms with van der Waals surface area (Å²) >= 11 is 3.14. The molecule has 1 unspecified atom stereocenters. The Morgan fingerprint density at radius 3 is 2.45 bits per heavy atom. The molecule has 0 radical (unpaired) electrons. The zero-order valence-electron chi connectivity index (χ0n) is 10.6. The zero-order chi connectivity index (χ0) is 14.1. The number of hydrogen-bond donors (Lipinski definition) is 1. The molecule has 20 heavy (non-hydrogen) atoms. The van der Waals surface area contributed by atoms with Crippen LogP contribution in [0.3, 0.4) is 0 Å². The molecule has 0 aromatic heterocycles. The van der Waals surface area contributed by atoms with Crippen molar-refractivity contribution in [2.75, 3.05) is 0 Å². The van der Waals surface area contributed by atoms with E-state index in [1.54, 1.807) is 18.2 Å².